The number of rotatable bonds is 5. The molecule has 1 aliphatic rings. The third-order valence-corrected chi connectivity index (χ3v) is 3.61. The molecule has 2 heteroatoms. The van der Waals surface area contributed by atoms with Crippen LogP contribution in [0.5, 0.6) is 0 Å². The predicted octanol–water partition coefficient (Wildman–Crippen LogP) is 2.60. The first-order valence-electron chi connectivity index (χ1n) is 6.88. The van der Waals surface area contributed by atoms with Crippen molar-refractivity contribution in [1.82, 2.24) is 10.2 Å². The first kappa shape index (κ1) is 13.3. The highest BCUT2D eigenvalue weighted by Gasteiger charge is 2.09. The van der Waals surface area contributed by atoms with Crippen LogP contribution in [0.25, 0.3) is 0 Å². The second kappa shape index (κ2) is 6.72. The summed E-state index contributed by atoms with van der Waals surface area (Å²) in [7, 11) is 2.00. The van der Waals surface area contributed by atoms with Gasteiger partial charge in [0.05, 0.1) is 0 Å². The maximum atomic E-state index is 3.19. The van der Waals surface area contributed by atoms with E-state index in [1.165, 1.54) is 29.7 Å². The lowest BCUT2D eigenvalue weighted by molar-refractivity contribution is 0.286. The average molecular weight is 244 g/mol. The van der Waals surface area contributed by atoms with E-state index >= 15 is 0 Å². The molecule has 2 rings (SSSR count). The molecule has 0 atom stereocenters. The zero-order valence-electron chi connectivity index (χ0n) is 11.6. The van der Waals surface area contributed by atoms with Crippen molar-refractivity contribution in [2.45, 2.75) is 26.3 Å². The summed E-state index contributed by atoms with van der Waals surface area (Å²) in [6, 6.07) is 9.07. The van der Waals surface area contributed by atoms with Gasteiger partial charge in [-0.05, 0) is 44.5 Å². The van der Waals surface area contributed by atoms with Gasteiger partial charge in [-0.1, -0.05) is 35.9 Å². The number of benzene rings is 1. The number of hydrogen-bond acceptors (Lipinski definition) is 2. The van der Waals surface area contributed by atoms with Crippen molar-refractivity contribution in [1.29, 1.82) is 0 Å². The van der Waals surface area contributed by atoms with Gasteiger partial charge >= 0.3 is 0 Å². The molecule has 0 saturated heterocycles. The molecular weight excluding hydrogens is 220 g/mol. The number of likely N-dealkylation sites (N-methyl/N-ethyl adjacent to an activating group) is 1. The first-order valence-corrected chi connectivity index (χ1v) is 6.88. The second-order valence-electron chi connectivity index (χ2n) is 5.21. The molecule has 0 fully saturated rings. The summed E-state index contributed by atoms with van der Waals surface area (Å²) in [5.74, 6) is 0. The molecule has 0 saturated carbocycles. The van der Waals surface area contributed by atoms with E-state index in [4.69, 9.17) is 0 Å². The van der Waals surface area contributed by atoms with Gasteiger partial charge in [0, 0.05) is 19.6 Å². The number of hydrogen-bond donors (Lipinski definition) is 1. The molecule has 2 nitrogen and oxygen atoms in total. The third kappa shape index (κ3) is 3.97. The summed E-state index contributed by atoms with van der Waals surface area (Å²) in [4.78, 5) is 2.51. The highest BCUT2D eigenvalue weighted by atomic mass is 15.1. The van der Waals surface area contributed by atoms with Crippen LogP contribution in [0.2, 0.25) is 0 Å². The Labute approximate surface area is 111 Å². The van der Waals surface area contributed by atoms with Gasteiger partial charge in [0.15, 0.2) is 0 Å². The van der Waals surface area contributed by atoms with Crippen LogP contribution in [-0.2, 0) is 13.0 Å². The van der Waals surface area contributed by atoms with Crippen LogP contribution in [-0.4, -0.2) is 31.6 Å². The van der Waals surface area contributed by atoms with Crippen LogP contribution >= 0.6 is 0 Å². The molecular formula is C16H24N2. The zero-order valence-corrected chi connectivity index (χ0v) is 11.6. The predicted molar refractivity (Wildman–Crippen MR) is 77.7 cm³/mol. The minimum absolute atomic E-state index is 1.05. The molecule has 0 bridgehead atoms. The molecule has 1 N–H and O–H groups in total. The summed E-state index contributed by atoms with van der Waals surface area (Å²) in [6.45, 7) is 6.66. The fourth-order valence-electron chi connectivity index (χ4n) is 2.30. The SMILES string of the molecule is CNCCc1ccc(CN2CC=C(C)CC2)cc1. The largest absolute Gasteiger partial charge is 0.319 e. The van der Waals surface area contributed by atoms with Crippen molar-refractivity contribution in [2.75, 3.05) is 26.7 Å². The molecule has 1 aromatic carbocycles. The molecule has 0 unspecified atom stereocenters. The molecule has 0 radical (unpaired) electrons. The van der Waals surface area contributed by atoms with Gasteiger partial charge in [-0.2, -0.15) is 0 Å². The van der Waals surface area contributed by atoms with Crippen LogP contribution < -0.4 is 5.32 Å². The fourth-order valence-corrected chi connectivity index (χ4v) is 2.30. The van der Waals surface area contributed by atoms with Gasteiger partial charge in [0.2, 0.25) is 0 Å². The second-order valence-corrected chi connectivity index (χ2v) is 5.21. The molecule has 0 aromatic heterocycles. The zero-order chi connectivity index (χ0) is 12.8. The van der Waals surface area contributed by atoms with Crippen LogP contribution in [0, 0.1) is 0 Å². The summed E-state index contributed by atoms with van der Waals surface area (Å²) < 4.78 is 0. The Hall–Kier alpha value is -1.12. The van der Waals surface area contributed by atoms with Gasteiger partial charge in [-0.25, -0.2) is 0 Å². The molecule has 18 heavy (non-hydrogen) atoms. The average Bonchev–Trinajstić information content (AvgIpc) is 2.41. The van der Waals surface area contributed by atoms with E-state index in [-0.39, 0.29) is 0 Å². The van der Waals surface area contributed by atoms with Gasteiger partial charge in [-0.15, -0.1) is 0 Å². The van der Waals surface area contributed by atoms with Gasteiger partial charge in [0.25, 0.3) is 0 Å². The highest BCUT2D eigenvalue weighted by molar-refractivity contribution is 5.23. The summed E-state index contributed by atoms with van der Waals surface area (Å²) >= 11 is 0. The van der Waals surface area contributed by atoms with Crippen molar-refractivity contribution in [3.8, 4) is 0 Å². The van der Waals surface area contributed by atoms with Crippen molar-refractivity contribution >= 4 is 0 Å². The Bertz CT molecular complexity index is 392. The minimum Gasteiger partial charge on any atom is -0.319 e. The lowest BCUT2D eigenvalue weighted by Gasteiger charge is -2.25. The van der Waals surface area contributed by atoms with Crippen molar-refractivity contribution in [3.05, 3.63) is 47.0 Å². The Morgan fingerprint density at radius 2 is 1.89 bits per heavy atom. The van der Waals surface area contributed by atoms with E-state index in [1.54, 1.807) is 0 Å². The Morgan fingerprint density at radius 1 is 1.17 bits per heavy atom. The van der Waals surface area contributed by atoms with E-state index in [2.05, 4.69) is 47.5 Å². The maximum absolute atomic E-state index is 3.19. The first-order chi connectivity index (χ1) is 8.78. The Morgan fingerprint density at radius 3 is 2.50 bits per heavy atom. The van der Waals surface area contributed by atoms with E-state index in [0.717, 1.165) is 26.1 Å². The topological polar surface area (TPSA) is 15.3 Å². The maximum Gasteiger partial charge on any atom is 0.0237 e. The normalized spacial score (nSPS) is 16.7. The van der Waals surface area contributed by atoms with Crippen LogP contribution in [0.1, 0.15) is 24.5 Å². The summed E-state index contributed by atoms with van der Waals surface area (Å²) in [6.07, 6.45) is 4.69. The highest BCUT2D eigenvalue weighted by Crippen LogP contribution is 2.13. The van der Waals surface area contributed by atoms with Crippen molar-refractivity contribution < 1.29 is 0 Å². The van der Waals surface area contributed by atoms with Crippen molar-refractivity contribution in [3.63, 3.8) is 0 Å². The molecule has 1 aliphatic heterocycles. The number of nitrogens with one attached hydrogen (secondary N) is 1. The van der Waals surface area contributed by atoms with E-state index in [9.17, 15) is 0 Å². The van der Waals surface area contributed by atoms with E-state index < -0.39 is 0 Å². The lowest BCUT2D eigenvalue weighted by Crippen LogP contribution is -2.27. The summed E-state index contributed by atoms with van der Waals surface area (Å²) in [5, 5.41) is 3.19. The molecule has 98 valence electrons. The Balaban J connectivity index is 1.86. The van der Waals surface area contributed by atoms with Crippen LogP contribution in [0.15, 0.2) is 35.9 Å². The lowest BCUT2D eigenvalue weighted by atomic mass is 10.1. The minimum atomic E-state index is 1.05. The number of nitrogens with zero attached hydrogens (tertiary/aromatic N) is 1. The third-order valence-electron chi connectivity index (χ3n) is 3.61. The quantitative estimate of drug-likeness (QED) is 0.801. The molecule has 0 amide bonds. The monoisotopic (exact) mass is 244 g/mol. The van der Waals surface area contributed by atoms with Crippen molar-refractivity contribution in [2.24, 2.45) is 0 Å². The van der Waals surface area contributed by atoms with Crippen LogP contribution in [0.4, 0.5) is 0 Å². The standard InChI is InChI=1S/C16H24N2/c1-14-8-11-18(12-9-14)13-16-5-3-15(4-6-16)7-10-17-2/h3-6,8,17H,7,9-13H2,1-2H3. The van der Waals surface area contributed by atoms with E-state index in [1.807, 2.05) is 7.05 Å². The molecule has 1 aromatic rings. The summed E-state index contributed by atoms with van der Waals surface area (Å²) in [5.41, 5.74) is 4.38. The smallest absolute Gasteiger partial charge is 0.0237 e. The van der Waals surface area contributed by atoms with Gasteiger partial charge in [-0.3, -0.25) is 4.90 Å². The molecule has 0 spiro atoms. The van der Waals surface area contributed by atoms with Crippen LogP contribution in [0.3, 0.4) is 0 Å². The van der Waals surface area contributed by atoms with Gasteiger partial charge in [0.1, 0.15) is 0 Å². The molecule has 0 aliphatic carbocycles. The molecule has 1 heterocycles. The Kier molecular flexibility index (Phi) is 4.97. The fraction of sp³-hybridized carbons (Fsp3) is 0.500. The van der Waals surface area contributed by atoms with E-state index in [0.29, 0.717) is 0 Å². The van der Waals surface area contributed by atoms with Gasteiger partial charge < -0.3 is 5.32 Å².